The minimum Gasteiger partial charge on any atom is -0.344 e. The summed E-state index contributed by atoms with van der Waals surface area (Å²) in [6.07, 6.45) is 0. The van der Waals surface area contributed by atoms with E-state index in [1.165, 1.54) is 44.8 Å². The first-order chi connectivity index (χ1) is 16.3. The summed E-state index contributed by atoms with van der Waals surface area (Å²) in [6.45, 7) is 0. The summed E-state index contributed by atoms with van der Waals surface area (Å²) in [4.78, 5) is 2.34. The molecule has 1 aliphatic rings. The van der Waals surface area contributed by atoms with Crippen LogP contribution in [0.2, 0.25) is 0 Å². The van der Waals surface area contributed by atoms with Gasteiger partial charge in [0.15, 0.2) is 0 Å². The molecule has 0 amide bonds. The van der Waals surface area contributed by atoms with Crippen molar-refractivity contribution in [3.05, 3.63) is 156 Å². The predicted octanol–water partition coefficient (Wildman–Crippen LogP) is 7.82. The van der Waals surface area contributed by atoms with Crippen LogP contribution in [0.3, 0.4) is 0 Å². The fraction of sp³-hybridized carbons (Fsp3) is 0.0625. The van der Waals surface area contributed by atoms with Crippen LogP contribution in [0.4, 0.5) is 11.4 Å². The lowest BCUT2D eigenvalue weighted by molar-refractivity contribution is 0.728. The largest absolute Gasteiger partial charge is 0.344 e. The van der Waals surface area contributed by atoms with E-state index in [-0.39, 0.29) is 0 Å². The third kappa shape index (κ3) is 2.93. The fourth-order valence-electron chi connectivity index (χ4n) is 5.46. The summed E-state index contributed by atoms with van der Waals surface area (Å²) in [5, 5.41) is 0. The normalized spacial score (nSPS) is 13.8. The lowest BCUT2D eigenvalue weighted by Crippen LogP contribution is -2.37. The molecule has 0 aliphatic carbocycles. The minimum atomic E-state index is -0.411. The number of para-hydroxylation sites is 1. The third-order valence-electron chi connectivity index (χ3n) is 6.95. The molecule has 1 heteroatoms. The Morgan fingerprint density at radius 2 is 0.970 bits per heavy atom. The monoisotopic (exact) mass is 423 g/mol. The number of hydrogen-bond donors (Lipinski definition) is 0. The minimum absolute atomic E-state index is 0.411. The van der Waals surface area contributed by atoms with Gasteiger partial charge in [-0.25, -0.2) is 0 Å². The highest BCUT2D eigenvalue weighted by atomic mass is 15.1. The maximum absolute atomic E-state index is 2.40. The maximum Gasteiger partial charge on any atom is 0.0742 e. The highest BCUT2D eigenvalue weighted by Gasteiger charge is 2.45. The highest BCUT2D eigenvalue weighted by molar-refractivity contribution is 5.85. The van der Waals surface area contributed by atoms with Crippen LogP contribution in [0.5, 0.6) is 0 Å². The van der Waals surface area contributed by atoms with Crippen molar-refractivity contribution in [3.8, 4) is 11.1 Å². The van der Waals surface area contributed by atoms with Crippen molar-refractivity contribution in [3.63, 3.8) is 0 Å². The molecule has 0 N–H and O–H groups in total. The first-order valence-corrected chi connectivity index (χ1v) is 11.4. The van der Waals surface area contributed by atoms with E-state index in [1.807, 2.05) is 0 Å². The Hall–Kier alpha value is -4.10. The van der Waals surface area contributed by atoms with E-state index >= 15 is 0 Å². The summed E-state index contributed by atoms with van der Waals surface area (Å²) in [6, 6.07) is 48.4. The topological polar surface area (TPSA) is 3.24 Å². The van der Waals surface area contributed by atoms with Gasteiger partial charge in [-0.2, -0.15) is 0 Å². The smallest absolute Gasteiger partial charge is 0.0742 e. The number of nitrogens with zero attached hydrogens (tertiary/aromatic N) is 1. The van der Waals surface area contributed by atoms with Crippen LogP contribution in [0.15, 0.2) is 133 Å². The molecule has 0 unspecified atom stereocenters. The lowest BCUT2D eigenvalue weighted by atomic mass is 9.62. The van der Waals surface area contributed by atoms with Gasteiger partial charge in [-0.15, -0.1) is 0 Å². The zero-order valence-corrected chi connectivity index (χ0v) is 18.6. The van der Waals surface area contributed by atoms with Crippen molar-refractivity contribution in [2.24, 2.45) is 0 Å². The number of rotatable bonds is 3. The molecule has 0 saturated heterocycles. The molecule has 158 valence electrons. The lowest BCUT2D eigenvalue weighted by Gasteiger charge is -2.45. The van der Waals surface area contributed by atoms with Crippen molar-refractivity contribution in [2.45, 2.75) is 5.41 Å². The SMILES string of the molecule is CN1c2ccccc2C(c2ccccc2)(c2ccccc2)c2cc(-c3ccccc3)ccc21. The summed E-state index contributed by atoms with van der Waals surface area (Å²) < 4.78 is 0. The van der Waals surface area contributed by atoms with Crippen LogP contribution in [0, 0.1) is 0 Å². The summed E-state index contributed by atoms with van der Waals surface area (Å²) >= 11 is 0. The summed E-state index contributed by atoms with van der Waals surface area (Å²) in [5.74, 6) is 0. The second kappa shape index (κ2) is 7.79. The van der Waals surface area contributed by atoms with Gasteiger partial charge in [-0.3, -0.25) is 0 Å². The third-order valence-corrected chi connectivity index (χ3v) is 6.95. The zero-order valence-electron chi connectivity index (χ0n) is 18.6. The second-order valence-electron chi connectivity index (χ2n) is 8.66. The van der Waals surface area contributed by atoms with E-state index < -0.39 is 5.41 Å². The molecule has 0 bridgehead atoms. The maximum atomic E-state index is 2.40. The van der Waals surface area contributed by atoms with E-state index in [9.17, 15) is 0 Å². The van der Waals surface area contributed by atoms with Gasteiger partial charge >= 0.3 is 0 Å². The Kier molecular flexibility index (Phi) is 4.62. The van der Waals surface area contributed by atoms with Crippen LogP contribution in [0.25, 0.3) is 11.1 Å². The number of hydrogen-bond acceptors (Lipinski definition) is 1. The Labute approximate surface area is 195 Å². The van der Waals surface area contributed by atoms with Crippen molar-refractivity contribution in [1.29, 1.82) is 0 Å². The van der Waals surface area contributed by atoms with Gasteiger partial charge in [0.25, 0.3) is 0 Å². The molecule has 0 aromatic heterocycles. The van der Waals surface area contributed by atoms with Gasteiger partial charge in [-0.05, 0) is 51.6 Å². The Morgan fingerprint density at radius 3 is 1.61 bits per heavy atom. The van der Waals surface area contributed by atoms with Crippen molar-refractivity contribution >= 4 is 11.4 Å². The second-order valence-corrected chi connectivity index (χ2v) is 8.66. The van der Waals surface area contributed by atoms with E-state index in [0.717, 1.165) is 0 Å². The average molecular weight is 424 g/mol. The molecule has 0 fully saturated rings. The van der Waals surface area contributed by atoms with Gasteiger partial charge < -0.3 is 4.90 Å². The van der Waals surface area contributed by atoms with E-state index in [0.29, 0.717) is 0 Å². The van der Waals surface area contributed by atoms with Crippen LogP contribution in [0.1, 0.15) is 22.3 Å². The molecular weight excluding hydrogens is 398 g/mol. The van der Waals surface area contributed by atoms with Gasteiger partial charge in [0.1, 0.15) is 0 Å². The Morgan fingerprint density at radius 1 is 0.455 bits per heavy atom. The van der Waals surface area contributed by atoms with Crippen LogP contribution in [-0.4, -0.2) is 7.05 Å². The van der Waals surface area contributed by atoms with Gasteiger partial charge in [0.2, 0.25) is 0 Å². The van der Waals surface area contributed by atoms with E-state index in [4.69, 9.17) is 0 Å². The van der Waals surface area contributed by atoms with Crippen LogP contribution in [-0.2, 0) is 5.41 Å². The molecule has 6 rings (SSSR count). The van der Waals surface area contributed by atoms with Crippen molar-refractivity contribution in [2.75, 3.05) is 11.9 Å². The molecule has 5 aromatic carbocycles. The number of benzene rings is 5. The van der Waals surface area contributed by atoms with Crippen molar-refractivity contribution in [1.82, 2.24) is 0 Å². The molecule has 1 heterocycles. The Bertz CT molecular complexity index is 1370. The van der Waals surface area contributed by atoms with E-state index in [2.05, 4.69) is 145 Å². The zero-order chi connectivity index (χ0) is 22.3. The molecular formula is C32H25N. The van der Waals surface area contributed by atoms with Gasteiger partial charge in [0.05, 0.1) is 5.41 Å². The molecule has 0 radical (unpaired) electrons. The molecule has 0 saturated carbocycles. The molecule has 1 nitrogen and oxygen atoms in total. The van der Waals surface area contributed by atoms with Gasteiger partial charge in [-0.1, -0.05) is 115 Å². The van der Waals surface area contributed by atoms with Crippen LogP contribution < -0.4 is 4.90 Å². The highest BCUT2D eigenvalue weighted by Crippen LogP contribution is 2.55. The average Bonchev–Trinajstić information content (AvgIpc) is 2.91. The molecule has 0 atom stereocenters. The first kappa shape index (κ1) is 19.6. The van der Waals surface area contributed by atoms with E-state index in [1.54, 1.807) is 0 Å². The molecule has 5 aromatic rings. The predicted molar refractivity (Wildman–Crippen MR) is 138 cm³/mol. The number of anilines is 2. The number of fused-ring (bicyclic) bond motifs is 2. The van der Waals surface area contributed by atoms with Gasteiger partial charge in [0, 0.05) is 18.4 Å². The molecule has 0 spiro atoms. The van der Waals surface area contributed by atoms with Crippen molar-refractivity contribution < 1.29 is 0 Å². The summed E-state index contributed by atoms with van der Waals surface area (Å²) in [7, 11) is 2.18. The molecule has 1 aliphatic heterocycles. The quantitative estimate of drug-likeness (QED) is 0.286. The standard InChI is InChI=1S/C32H25N/c1-33-30-20-12-11-19-28(30)32(26-15-7-3-8-16-26,27-17-9-4-10-18-27)29-23-25(21-22-31(29)33)24-13-5-2-6-14-24/h2-23H,1H3. The van der Waals surface area contributed by atoms with Crippen LogP contribution >= 0.6 is 0 Å². The summed E-state index contributed by atoms with van der Waals surface area (Å²) in [5.41, 5.74) is 9.71. The first-order valence-electron chi connectivity index (χ1n) is 11.4. The fourth-order valence-corrected chi connectivity index (χ4v) is 5.46. The molecule has 33 heavy (non-hydrogen) atoms. The Balaban J connectivity index is 1.77.